The summed E-state index contributed by atoms with van der Waals surface area (Å²) in [5, 5.41) is 15.9. The summed E-state index contributed by atoms with van der Waals surface area (Å²) >= 11 is 0. The summed E-state index contributed by atoms with van der Waals surface area (Å²) in [6.45, 7) is 2.98. The first kappa shape index (κ1) is 14.8. The maximum atomic E-state index is 12.6. The summed E-state index contributed by atoms with van der Waals surface area (Å²) in [4.78, 5) is 24.4. The molecule has 1 heterocycles. The van der Waals surface area contributed by atoms with Gasteiger partial charge < -0.3 is 15.7 Å². The topological polar surface area (TPSA) is 78.4 Å². The van der Waals surface area contributed by atoms with Crippen molar-refractivity contribution in [2.45, 2.75) is 63.5 Å². The molecule has 118 valence electrons. The number of nitrogens with one attached hydrogen (secondary N) is 2. The number of carboxylic acid groups (broad SMARTS) is 1. The third kappa shape index (κ3) is 2.68. The van der Waals surface area contributed by atoms with Gasteiger partial charge in [0.15, 0.2) is 0 Å². The summed E-state index contributed by atoms with van der Waals surface area (Å²) in [6, 6.07) is -0.189. The molecule has 0 bridgehead atoms. The standard InChI is InChI=1S/C16H26N2O3/c1-10-4-3-7-16(8-10,15(20)21)18-14(19)13-12-6-2-5-11(12)9-17-13/h10-13,17H,2-9H2,1H3,(H,18,19)(H,20,21). The number of hydrogen-bond donors (Lipinski definition) is 3. The second-order valence-electron chi connectivity index (χ2n) is 7.32. The van der Waals surface area contributed by atoms with E-state index in [1.165, 1.54) is 12.8 Å². The average Bonchev–Trinajstić information content (AvgIpc) is 3.00. The predicted molar refractivity (Wildman–Crippen MR) is 78.8 cm³/mol. The van der Waals surface area contributed by atoms with Crippen molar-refractivity contribution in [1.29, 1.82) is 0 Å². The second-order valence-corrected chi connectivity index (χ2v) is 7.32. The van der Waals surface area contributed by atoms with Gasteiger partial charge in [0.2, 0.25) is 5.91 Å². The molecule has 0 aromatic rings. The van der Waals surface area contributed by atoms with Crippen molar-refractivity contribution in [2.24, 2.45) is 17.8 Å². The largest absolute Gasteiger partial charge is 0.480 e. The van der Waals surface area contributed by atoms with Crippen LogP contribution in [0.2, 0.25) is 0 Å². The lowest BCUT2D eigenvalue weighted by molar-refractivity contribution is -0.150. The minimum atomic E-state index is -1.05. The maximum Gasteiger partial charge on any atom is 0.329 e. The van der Waals surface area contributed by atoms with Crippen LogP contribution in [0.3, 0.4) is 0 Å². The van der Waals surface area contributed by atoms with Crippen molar-refractivity contribution < 1.29 is 14.7 Å². The van der Waals surface area contributed by atoms with Crippen LogP contribution < -0.4 is 10.6 Å². The number of rotatable bonds is 3. The molecular weight excluding hydrogens is 268 g/mol. The Balaban J connectivity index is 1.71. The van der Waals surface area contributed by atoms with E-state index in [0.717, 1.165) is 25.8 Å². The Kier molecular flexibility index (Phi) is 3.95. The lowest BCUT2D eigenvalue weighted by Crippen LogP contribution is -2.60. The Morgan fingerprint density at radius 2 is 2.05 bits per heavy atom. The third-order valence-electron chi connectivity index (χ3n) is 5.80. The molecule has 5 nitrogen and oxygen atoms in total. The molecule has 0 aromatic heterocycles. The van der Waals surface area contributed by atoms with Gasteiger partial charge in [0.05, 0.1) is 6.04 Å². The minimum Gasteiger partial charge on any atom is -0.480 e. The molecule has 3 rings (SSSR count). The molecule has 1 aliphatic heterocycles. The van der Waals surface area contributed by atoms with E-state index in [9.17, 15) is 14.7 Å². The number of fused-ring (bicyclic) bond motifs is 1. The summed E-state index contributed by atoms with van der Waals surface area (Å²) in [5.74, 6) is 0.388. The molecule has 5 unspecified atom stereocenters. The molecular formula is C16H26N2O3. The summed E-state index contributed by atoms with van der Waals surface area (Å²) < 4.78 is 0. The van der Waals surface area contributed by atoms with Gasteiger partial charge in [-0.25, -0.2) is 4.79 Å². The molecule has 0 spiro atoms. The molecule has 1 amide bonds. The Morgan fingerprint density at radius 3 is 2.76 bits per heavy atom. The van der Waals surface area contributed by atoms with E-state index >= 15 is 0 Å². The number of amides is 1. The summed E-state index contributed by atoms with van der Waals surface area (Å²) in [6.07, 6.45) is 6.51. The average molecular weight is 294 g/mol. The first-order chi connectivity index (χ1) is 10.0. The molecule has 2 aliphatic carbocycles. The first-order valence-electron chi connectivity index (χ1n) is 8.31. The van der Waals surface area contributed by atoms with Gasteiger partial charge in [-0.2, -0.15) is 0 Å². The van der Waals surface area contributed by atoms with E-state index in [-0.39, 0.29) is 11.9 Å². The first-order valence-corrected chi connectivity index (χ1v) is 8.31. The molecule has 3 N–H and O–H groups in total. The highest BCUT2D eigenvalue weighted by Crippen LogP contribution is 2.38. The van der Waals surface area contributed by atoms with Crippen molar-refractivity contribution in [3.63, 3.8) is 0 Å². The van der Waals surface area contributed by atoms with Gasteiger partial charge in [-0.15, -0.1) is 0 Å². The summed E-state index contributed by atoms with van der Waals surface area (Å²) in [5.41, 5.74) is -1.05. The van der Waals surface area contributed by atoms with Crippen LogP contribution in [0.15, 0.2) is 0 Å². The predicted octanol–water partition coefficient (Wildman–Crippen LogP) is 1.52. The van der Waals surface area contributed by atoms with Crippen LogP contribution in [0.4, 0.5) is 0 Å². The zero-order valence-electron chi connectivity index (χ0n) is 12.7. The Morgan fingerprint density at radius 1 is 1.24 bits per heavy atom. The normalized spacial score (nSPS) is 42.5. The maximum absolute atomic E-state index is 12.6. The fourth-order valence-corrected chi connectivity index (χ4v) is 4.70. The zero-order chi connectivity index (χ0) is 15.0. The Bertz CT molecular complexity index is 439. The fourth-order valence-electron chi connectivity index (χ4n) is 4.70. The Hall–Kier alpha value is -1.10. The highest BCUT2D eigenvalue weighted by Gasteiger charge is 2.47. The van der Waals surface area contributed by atoms with Gasteiger partial charge >= 0.3 is 5.97 Å². The monoisotopic (exact) mass is 294 g/mol. The van der Waals surface area contributed by atoms with Gasteiger partial charge in [-0.3, -0.25) is 4.79 Å². The van der Waals surface area contributed by atoms with E-state index < -0.39 is 11.5 Å². The highest BCUT2D eigenvalue weighted by atomic mass is 16.4. The van der Waals surface area contributed by atoms with Crippen LogP contribution in [0.5, 0.6) is 0 Å². The number of hydrogen-bond acceptors (Lipinski definition) is 3. The molecule has 0 radical (unpaired) electrons. The number of carbonyl (C=O) groups is 2. The second kappa shape index (κ2) is 5.59. The van der Waals surface area contributed by atoms with Crippen molar-refractivity contribution in [1.82, 2.24) is 10.6 Å². The van der Waals surface area contributed by atoms with Crippen LogP contribution in [-0.4, -0.2) is 35.1 Å². The molecule has 3 fully saturated rings. The molecule has 5 atom stereocenters. The zero-order valence-corrected chi connectivity index (χ0v) is 12.7. The number of aliphatic carboxylic acids is 1. The van der Waals surface area contributed by atoms with Crippen LogP contribution in [-0.2, 0) is 9.59 Å². The van der Waals surface area contributed by atoms with E-state index in [2.05, 4.69) is 17.6 Å². The van der Waals surface area contributed by atoms with Crippen molar-refractivity contribution >= 4 is 11.9 Å². The van der Waals surface area contributed by atoms with Crippen molar-refractivity contribution in [3.8, 4) is 0 Å². The molecule has 5 heteroatoms. The lowest BCUT2D eigenvalue weighted by Gasteiger charge is -2.38. The van der Waals surface area contributed by atoms with Crippen LogP contribution in [0, 0.1) is 17.8 Å². The molecule has 1 saturated heterocycles. The van der Waals surface area contributed by atoms with Gasteiger partial charge in [-0.1, -0.05) is 26.2 Å². The number of carbonyl (C=O) groups excluding carboxylic acids is 1. The minimum absolute atomic E-state index is 0.0964. The van der Waals surface area contributed by atoms with Crippen molar-refractivity contribution in [2.75, 3.05) is 6.54 Å². The van der Waals surface area contributed by atoms with Crippen LogP contribution >= 0.6 is 0 Å². The molecule has 3 aliphatic rings. The van der Waals surface area contributed by atoms with E-state index in [0.29, 0.717) is 30.6 Å². The smallest absolute Gasteiger partial charge is 0.329 e. The van der Waals surface area contributed by atoms with Gasteiger partial charge in [0.1, 0.15) is 5.54 Å². The molecule has 21 heavy (non-hydrogen) atoms. The SMILES string of the molecule is CC1CCCC(NC(=O)C2NCC3CCCC32)(C(=O)O)C1. The highest BCUT2D eigenvalue weighted by molar-refractivity contribution is 5.90. The van der Waals surface area contributed by atoms with Crippen molar-refractivity contribution in [3.05, 3.63) is 0 Å². The van der Waals surface area contributed by atoms with E-state index in [4.69, 9.17) is 0 Å². The van der Waals surface area contributed by atoms with Gasteiger partial charge in [-0.05, 0) is 50.0 Å². The van der Waals surface area contributed by atoms with E-state index in [1.54, 1.807) is 0 Å². The molecule has 2 saturated carbocycles. The quantitative estimate of drug-likeness (QED) is 0.737. The van der Waals surface area contributed by atoms with Gasteiger partial charge in [0.25, 0.3) is 0 Å². The Labute approximate surface area is 125 Å². The van der Waals surface area contributed by atoms with Gasteiger partial charge in [0, 0.05) is 0 Å². The molecule has 0 aromatic carbocycles. The van der Waals surface area contributed by atoms with Crippen LogP contribution in [0.1, 0.15) is 51.9 Å². The third-order valence-corrected chi connectivity index (χ3v) is 5.80. The van der Waals surface area contributed by atoms with Crippen LogP contribution in [0.25, 0.3) is 0 Å². The lowest BCUT2D eigenvalue weighted by atomic mass is 9.76. The number of carboxylic acids is 1. The summed E-state index contributed by atoms with van der Waals surface area (Å²) in [7, 11) is 0. The fraction of sp³-hybridized carbons (Fsp3) is 0.875. The van der Waals surface area contributed by atoms with E-state index in [1.807, 2.05) is 0 Å².